The number of phenols is 4. The quantitative estimate of drug-likeness (QED) is 0.188. The van der Waals surface area contributed by atoms with Gasteiger partial charge in [0.25, 0.3) is 0 Å². The van der Waals surface area contributed by atoms with Crippen molar-refractivity contribution in [3.05, 3.63) is 63.8 Å². The lowest BCUT2D eigenvalue weighted by atomic mass is 9.84. The SMILES string of the molecule is COc1cc([C@H]2CC(=O)Oc3cc(O)c4c(=O)cc(-c5ccc(O)c(O)c5)oc4c32)cc(OC)c1O. The van der Waals surface area contributed by atoms with Crippen molar-refractivity contribution in [1.29, 1.82) is 0 Å². The fraction of sp³-hybridized carbons (Fsp3) is 0.154. The van der Waals surface area contributed by atoms with E-state index in [2.05, 4.69) is 0 Å². The maximum Gasteiger partial charge on any atom is 0.312 e. The molecule has 0 aliphatic carbocycles. The summed E-state index contributed by atoms with van der Waals surface area (Å²) in [6.45, 7) is 0. The van der Waals surface area contributed by atoms with Gasteiger partial charge in [0, 0.05) is 29.2 Å². The Hall–Kier alpha value is -4.86. The fourth-order valence-electron chi connectivity index (χ4n) is 4.38. The van der Waals surface area contributed by atoms with E-state index in [0.717, 1.165) is 6.07 Å². The van der Waals surface area contributed by atoms with Crippen molar-refractivity contribution in [3.63, 3.8) is 0 Å². The summed E-state index contributed by atoms with van der Waals surface area (Å²) in [5, 5.41) is 40.4. The first-order valence-corrected chi connectivity index (χ1v) is 10.7. The van der Waals surface area contributed by atoms with Crippen molar-refractivity contribution in [2.45, 2.75) is 12.3 Å². The van der Waals surface area contributed by atoms with Crippen molar-refractivity contribution >= 4 is 16.9 Å². The standard InChI is InChI=1S/C26H20O10/c1-33-20-6-12(7-21(34-2)25(20)32)13-8-22(31)35-19-10-17(30)24-16(29)9-18(36-26(24)23(13)19)11-3-4-14(27)15(28)5-11/h3-7,9-10,13,27-28,30,32H,8H2,1-2H3/t13-/m1/s1. The zero-order valence-corrected chi connectivity index (χ0v) is 19.1. The fourth-order valence-corrected chi connectivity index (χ4v) is 4.38. The Kier molecular flexibility index (Phi) is 5.36. The first-order chi connectivity index (χ1) is 17.2. The summed E-state index contributed by atoms with van der Waals surface area (Å²) < 4.78 is 22.0. The van der Waals surface area contributed by atoms with Crippen LogP contribution in [0.15, 0.2) is 51.7 Å². The lowest BCUT2D eigenvalue weighted by molar-refractivity contribution is -0.135. The van der Waals surface area contributed by atoms with E-state index in [9.17, 15) is 30.0 Å². The molecule has 0 fully saturated rings. The molecule has 2 heterocycles. The molecule has 1 aromatic heterocycles. The molecule has 0 radical (unpaired) electrons. The Labute approximate surface area is 203 Å². The summed E-state index contributed by atoms with van der Waals surface area (Å²) in [5.41, 5.74) is 0.513. The van der Waals surface area contributed by atoms with Gasteiger partial charge < -0.3 is 39.1 Å². The molecule has 36 heavy (non-hydrogen) atoms. The second-order valence-electron chi connectivity index (χ2n) is 8.19. The van der Waals surface area contributed by atoms with Gasteiger partial charge in [-0.15, -0.1) is 0 Å². The Morgan fingerprint density at radius 1 is 0.861 bits per heavy atom. The molecule has 1 aliphatic heterocycles. The zero-order chi connectivity index (χ0) is 25.7. The zero-order valence-electron chi connectivity index (χ0n) is 19.1. The van der Waals surface area contributed by atoms with Gasteiger partial charge in [0.05, 0.1) is 20.6 Å². The van der Waals surface area contributed by atoms with Crippen LogP contribution in [0.25, 0.3) is 22.3 Å². The molecule has 1 atom stereocenters. The number of aromatic hydroxyl groups is 4. The van der Waals surface area contributed by atoms with E-state index >= 15 is 0 Å². The number of carbonyl (C=O) groups excluding carboxylic acids is 1. The third-order valence-corrected chi connectivity index (χ3v) is 6.09. The van der Waals surface area contributed by atoms with Gasteiger partial charge in [0.15, 0.2) is 28.4 Å². The number of ether oxygens (including phenoxy) is 3. The van der Waals surface area contributed by atoms with Gasteiger partial charge >= 0.3 is 5.97 Å². The van der Waals surface area contributed by atoms with Gasteiger partial charge in [-0.25, -0.2) is 0 Å². The van der Waals surface area contributed by atoms with Crippen LogP contribution in [-0.2, 0) is 4.79 Å². The number of rotatable bonds is 4. The Balaban J connectivity index is 1.82. The number of hydrogen-bond donors (Lipinski definition) is 4. The molecule has 0 amide bonds. The smallest absolute Gasteiger partial charge is 0.312 e. The van der Waals surface area contributed by atoms with E-state index in [1.807, 2.05) is 0 Å². The third kappa shape index (κ3) is 3.59. The van der Waals surface area contributed by atoms with Crippen LogP contribution < -0.4 is 19.6 Å². The molecule has 5 rings (SSSR count). The highest BCUT2D eigenvalue weighted by Crippen LogP contribution is 2.48. The van der Waals surface area contributed by atoms with Crippen molar-refractivity contribution in [2.24, 2.45) is 0 Å². The highest BCUT2D eigenvalue weighted by molar-refractivity contribution is 5.93. The molecule has 4 N–H and O–H groups in total. The second-order valence-corrected chi connectivity index (χ2v) is 8.19. The van der Waals surface area contributed by atoms with Crippen molar-refractivity contribution < 1.29 is 43.8 Å². The van der Waals surface area contributed by atoms with E-state index in [-0.39, 0.29) is 51.9 Å². The molecule has 3 aromatic carbocycles. The molecule has 1 aliphatic rings. The molecule has 4 aromatic rings. The van der Waals surface area contributed by atoms with E-state index in [4.69, 9.17) is 18.6 Å². The Morgan fingerprint density at radius 2 is 1.56 bits per heavy atom. The van der Waals surface area contributed by atoms with Crippen LogP contribution in [-0.4, -0.2) is 40.6 Å². The van der Waals surface area contributed by atoms with Gasteiger partial charge in [-0.3, -0.25) is 9.59 Å². The molecule has 184 valence electrons. The molecule has 0 spiro atoms. The normalized spacial score (nSPS) is 14.8. The van der Waals surface area contributed by atoms with Crippen LogP contribution >= 0.6 is 0 Å². The van der Waals surface area contributed by atoms with E-state index < -0.39 is 28.8 Å². The van der Waals surface area contributed by atoms with Gasteiger partial charge in [-0.2, -0.15) is 0 Å². The van der Waals surface area contributed by atoms with Gasteiger partial charge in [0.2, 0.25) is 5.75 Å². The van der Waals surface area contributed by atoms with Gasteiger partial charge in [-0.1, -0.05) is 0 Å². The predicted molar refractivity (Wildman–Crippen MR) is 126 cm³/mol. The minimum atomic E-state index is -0.723. The average Bonchev–Trinajstić information content (AvgIpc) is 2.84. The minimum absolute atomic E-state index is 0.00103. The maximum atomic E-state index is 13.1. The Bertz CT molecular complexity index is 1580. The highest BCUT2D eigenvalue weighted by atomic mass is 16.5. The van der Waals surface area contributed by atoms with E-state index in [0.29, 0.717) is 16.7 Å². The number of benzene rings is 3. The average molecular weight is 492 g/mol. The number of methoxy groups -OCH3 is 2. The molecule has 0 bridgehead atoms. The second kappa shape index (κ2) is 8.42. The van der Waals surface area contributed by atoms with Crippen LogP contribution in [0.1, 0.15) is 23.5 Å². The molecule has 10 heteroatoms. The Morgan fingerprint density at radius 3 is 2.19 bits per heavy atom. The summed E-state index contributed by atoms with van der Waals surface area (Å²) in [5.74, 6) is -2.47. The predicted octanol–water partition coefficient (Wildman–Crippen LogP) is 3.74. The van der Waals surface area contributed by atoms with Crippen LogP contribution in [0.2, 0.25) is 0 Å². The van der Waals surface area contributed by atoms with Crippen molar-refractivity contribution in [2.75, 3.05) is 14.2 Å². The van der Waals surface area contributed by atoms with Crippen molar-refractivity contribution in [1.82, 2.24) is 0 Å². The first kappa shape index (κ1) is 22.9. The number of phenolic OH excluding ortho intramolecular Hbond substituents is 4. The van der Waals surface area contributed by atoms with Crippen LogP contribution in [0, 0.1) is 0 Å². The van der Waals surface area contributed by atoms with Crippen LogP contribution in [0.5, 0.6) is 40.2 Å². The van der Waals surface area contributed by atoms with E-state index in [1.165, 1.54) is 50.6 Å². The van der Waals surface area contributed by atoms with E-state index in [1.54, 1.807) is 0 Å². The topological polar surface area (TPSA) is 156 Å². The number of fused-ring (bicyclic) bond motifs is 3. The molecule has 0 saturated heterocycles. The summed E-state index contributed by atoms with van der Waals surface area (Å²) in [6.07, 6.45) is -0.141. The lowest BCUT2D eigenvalue weighted by Crippen LogP contribution is -2.22. The minimum Gasteiger partial charge on any atom is -0.507 e. The van der Waals surface area contributed by atoms with Gasteiger partial charge in [0.1, 0.15) is 28.2 Å². The van der Waals surface area contributed by atoms with Gasteiger partial charge in [-0.05, 0) is 35.9 Å². The third-order valence-electron chi connectivity index (χ3n) is 6.09. The van der Waals surface area contributed by atoms with Crippen LogP contribution in [0.3, 0.4) is 0 Å². The monoisotopic (exact) mass is 492 g/mol. The summed E-state index contributed by atoms with van der Waals surface area (Å²) in [7, 11) is 2.74. The largest absolute Gasteiger partial charge is 0.507 e. The molecular weight excluding hydrogens is 472 g/mol. The van der Waals surface area contributed by atoms with Crippen molar-refractivity contribution in [3.8, 4) is 51.6 Å². The highest BCUT2D eigenvalue weighted by Gasteiger charge is 2.34. The first-order valence-electron chi connectivity index (χ1n) is 10.7. The number of carbonyl (C=O) groups is 1. The maximum absolute atomic E-state index is 13.1. The molecule has 0 saturated carbocycles. The molecule has 10 nitrogen and oxygen atoms in total. The summed E-state index contributed by atoms with van der Waals surface area (Å²) in [6, 6.07) is 9.30. The number of esters is 1. The molecular formula is C26H20O10. The number of hydrogen-bond acceptors (Lipinski definition) is 10. The molecule has 0 unspecified atom stereocenters. The van der Waals surface area contributed by atoms with Crippen LogP contribution in [0.4, 0.5) is 0 Å². The summed E-state index contributed by atoms with van der Waals surface area (Å²) >= 11 is 0. The lowest BCUT2D eigenvalue weighted by Gasteiger charge is -2.26. The summed E-state index contributed by atoms with van der Waals surface area (Å²) in [4.78, 5) is 25.6.